The average molecular weight is 392 g/mol. The SMILES string of the molecule is CON=C1C=C2C(CCC3(C)C(C(C)C)CCC23O)C2(C)CC(O)C(O)CC12. The number of oxime groups is 1. The molecule has 4 aliphatic rings. The van der Waals surface area contributed by atoms with Gasteiger partial charge in [-0.05, 0) is 73.3 Å². The third-order valence-corrected chi connectivity index (χ3v) is 9.21. The minimum atomic E-state index is -0.825. The molecular weight excluding hydrogens is 354 g/mol. The van der Waals surface area contributed by atoms with Crippen LogP contribution in [0.25, 0.3) is 0 Å². The Morgan fingerprint density at radius 3 is 2.46 bits per heavy atom. The summed E-state index contributed by atoms with van der Waals surface area (Å²) in [6.07, 6.45) is 5.52. The maximum atomic E-state index is 12.1. The molecule has 158 valence electrons. The molecule has 0 bridgehead atoms. The first-order valence-electron chi connectivity index (χ1n) is 11.0. The molecule has 8 atom stereocenters. The summed E-state index contributed by atoms with van der Waals surface area (Å²) in [5.74, 6) is 1.29. The Balaban J connectivity index is 1.84. The zero-order valence-electron chi connectivity index (χ0n) is 18.0. The molecule has 0 heterocycles. The van der Waals surface area contributed by atoms with Gasteiger partial charge in [0.05, 0.1) is 23.5 Å². The Kier molecular flexibility index (Phi) is 4.76. The van der Waals surface area contributed by atoms with Crippen molar-refractivity contribution < 1.29 is 20.2 Å². The van der Waals surface area contributed by atoms with Gasteiger partial charge in [0.25, 0.3) is 0 Å². The highest BCUT2D eigenvalue weighted by atomic mass is 16.6. The quantitative estimate of drug-likeness (QED) is 0.631. The van der Waals surface area contributed by atoms with Crippen LogP contribution in [0, 0.1) is 34.5 Å². The van der Waals surface area contributed by atoms with Crippen molar-refractivity contribution in [3.05, 3.63) is 11.6 Å². The van der Waals surface area contributed by atoms with Gasteiger partial charge in [-0.25, -0.2) is 0 Å². The van der Waals surface area contributed by atoms with Crippen LogP contribution in [0.15, 0.2) is 16.8 Å². The fraction of sp³-hybridized carbons (Fsp3) is 0.870. The zero-order valence-corrected chi connectivity index (χ0v) is 18.0. The molecule has 3 N–H and O–H groups in total. The van der Waals surface area contributed by atoms with E-state index < -0.39 is 17.8 Å². The smallest absolute Gasteiger partial charge is 0.106 e. The first-order chi connectivity index (χ1) is 13.1. The molecule has 0 spiro atoms. The molecule has 8 unspecified atom stereocenters. The van der Waals surface area contributed by atoms with Gasteiger partial charge in [-0.2, -0.15) is 0 Å². The third-order valence-electron chi connectivity index (χ3n) is 9.21. The highest BCUT2D eigenvalue weighted by molar-refractivity contribution is 5.99. The lowest BCUT2D eigenvalue weighted by Crippen LogP contribution is -2.60. The summed E-state index contributed by atoms with van der Waals surface area (Å²) in [6, 6.07) is 0. The van der Waals surface area contributed by atoms with Crippen molar-refractivity contribution in [1.29, 1.82) is 0 Å². The third kappa shape index (κ3) is 2.51. The second-order valence-electron chi connectivity index (χ2n) is 10.7. The van der Waals surface area contributed by atoms with E-state index in [1.165, 1.54) is 0 Å². The van der Waals surface area contributed by atoms with E-state index in [0.717, 1.165) is 37.0 Å². The van der Waals surface area contributed by atoms with Crippen LogP contribution in [-0.4, -0.2) is 46.0 Å². The zero-order chi connectivity index (χ0) is 20.5. The highest BCUT2D eigenvalue weighted by Gasteiger charge is 2.66. The molecule has 0 aromatic rings. The van der Waals surface area contributed by atoms with Crippen molar-refractivity contribution in [2.75, 3.05) is 7.11 Å². The molecule has 0 aliphatic heterocycles. The molecule has 0 aromatic heterocycles. The van der Waals surface area contributed by atoms with E-state index in [0.29, 0.717) is 24.7 Å². The van der Waals surface area contributed by atoms with Crippen LogP contribution >= 0.6 is 0 Å². The lowest BCUT2D eigenvalue weighted by molar-refractivity contribution is -0.122. The standard InChI is InChI=1S/C23H37NO4/c1-13(2)14-7-9-23(27)16-10-18(24-28-5)17-11-19(25)20(26)12-21(17,3)15(16)6-8-22(14,23)4/h10,13-15,17,19-20,25-27H,6-9,11-12H2,1-5H3. The second-order valence-corrected chi connectivity index (χ2v) is 10.7. The van der Waals surface area contributed by atoms with Gasteiger partial charge in [0.2, 0.25) is 0 Å². The Bertz CT molecular complexity index is 703. The molecule has 3 fully saturated rings. The van der Waals surface area contributed by atoms with E-state index in [1.54, 1.807) is 7.11 Å². The minimum absolute atomic E-state index is 0.0369. The Labute approximate surface area is 168 Å². The monoisotopic (exact) mass is 391 g/mol. The van der Waals surface area contributed by atoms with E-state index in [4.69, 9.17) is 4.84 Å². The minimum Gasteiger partial charge on any atom is -0.399 e. The summed E-state index contributed by atoms with van der Waals surface area (Å²) in [6.45, 7) is 9.05. The summed E-state index contributed by atoms with van der Waals surface area (Å²) in [7, 11) is 1.55. The van der Waals surface area contributed by atoms with Gasteiger partial charge in [0.15, 0.2) is 0 Å². The Morgan fingerprint density at radius 1 is 1.11 bits per heavy atom. The summed E-state index contributed by atoms with van der Waals surface area (Å²) in [5.41, 5.74) is 0.731. The largest absolute Gasteiger partial charge is 0.399 e. The number of allylic oxidation sites excluding steroid dienone is 1. The van der Waals surface area contributed by atoms with Crippen LogP contribution in [0.3, 0.4) is 0 Å². The summed E-state index contributed by atoms with van der Waals surface area (Å²) < 4.78 is 0. The van der Waals surface area contributed by atoms with Crippen molar-refractivity contribution in [3.8, 4) is 0 Å². The molecule has 4 aliphatic carbocycles. The molecule has 0 amide bonds. The van der Waals surface area contributed by atoms with Gasteiger partial charge in [-0.3, -0.25) is 0 Å². The molecule has 5 nitrogen and oxygen atoms in total. The van der Waals surface area contributed by atoms with Gasteiger partial charge in [-0.15, -0.1) is 0 Å². The number of aliphatic hydroxyl groups is 3. The second kappa shape index (κ2) is 6.55. The number of hydrogen-bond acceptors (Lipinski definition) is 5. The molecule has 3 saturated carbocycles. The van der Waals surface area contributed by atoms with Gasteiger partial charge in [0.1, 0.15) is 7.11 Å². The molecular formula is C23H37NO4. The highest BCUT2D eigenvalue weighted by Crippen LogP contribution is 2.68. The van der Waals surface area contributed by atoms with Gasteiger partial charge < -0.3 is 20.2 Å². The van der Waals surface area contributed by atoms with Crippen LogP contribution in [0.5, 0.6) is 0 Å². The van der Waals surface area contributed by atoms with Gasteiger partial charge in [0, 0.05) is 11.3 Å². The number of fused-ring (bicyclic) bond motifs is 5. The summed E-state index contributed by atoms with van der Waals surface area (Å²) in [5, 5.41) is 37.3. The fourth-order valence-electron chi connectivity index (χ4n) is 7.70. The van der Waals surface area contributed by atoms with Crippen molar-refractivity contribution in [1.82, 2.24) is 0 Å². The van der Waals surface area contributed by atoms with Crippen LogP contribution in [0.2, 0.25) is 0 Å². The van der Waals surface area contributed by atoms with Crippen LogP contribution in [-0.2, 0) is 4.84 Å². The van der Waals surface area contributed by atoms with Gasteiger partial charge in [-0.1, -0.05) is 32.9 Å². The number of nitrogens with zero attached hydrogens (tertiary/aromatic N) is 1. The van der Waals surface area contributed by atoms with Crippen molar-refractivity contribution >= 4 is 5.71 Å². The van der Waals surface area contributed by atoms with E-state index >= 15 is 0 Å². The number of hydrogen-bond donors (Lipinski definition) is 3. The lowest BCUT2D eigenvalue weighted by atomic mass is 9.46. The predicted molar refractivity (Wildman–Crippen MR) is 109 cm³/mol. The molecule has 0 radical (unpaired) electrons. The van der Waals surface area contributed by atoms with Crippen molar-refractivity contribution in [2.45, 2.75) is 84.0 Å². The van der Waals surface area contributed by atoms with E-state index in [9.17, 15) is 15.3 Å². The van der Waals surface area contributed by atoms with Crippen molar-refractivity contribution in [3.63, 3.8) is 0 Å². The van der Waals surface area contributed by atoms with Gasteiger partial charge >= 0.3 is 0 Å². The fourth-order valence-corrected chi connectivity index (χ4v) is 7.70. The average Bonchev–Trinajstić information content (AvgIpc) is 2.89. The van der Waals surface area contributed by atoms with E-state index in [2.05, 4.69) is 38.9 Å². The molecule has 0 aromatic carbocycles. The molecule has 5 heteroatoms. The van der Waals surface area contributed by atoms with Crippen LogP contribution in [0.1, 0.15) is 66.2 Å². The normalized spacial score (nSPS) is 52.1. The molecule has 28 heavy (non-hydrogen) atoms. The summed E-state index contributed by atoms with van der Waals surface area (Å²) >= 11 is 0. The number of aliphatic hydroxyl groups excluding tert-OH is 2. The first-order valence-corrected chi connectivity index (χ1v) is 11.0. The maximum Gasteiger partial charge on any atom is 0.106 e. The van der Waals surface area contributed by atoms with E-state index in [1.807, 2.05) is 0 Å². The molecule has 4 rings (SSSR count). The number of rotatable bonds is 2. The predicted octanol–water partition coefficient (Wildman–Crippen LogP) is 3.28. The maximum absolute atomic E-state index is 12.1. The first kappa shape index (κ1) is 20.4. The Morgan fingerprint density at radius 2 is 1.82 bits per heavy atom. The Hall–Kier alpha value is -0.910. The summed E-state index contributed by atoms with van der Waals surface area (Å²) in [4.78, 5) is 5.16. The molecule has 0 saturated heterocycles. The van der Waals surface area contributed by atoms with Crippen LogP contribution < -0.4 is 0 Å². The van der Waals surface area contributed by atoms with Crippen molar-refractivity contribution in [2.24, 2.45) is 39.7 Å². The van der Waals surface area contributed by atoms with E-state index in [-0.39, 0.29) is 22.7 Å². The topological polar surface area (TPSA) is 82.3 Å². The lowest BCUT2D eigenvalue weighted by Gasteiger charge is -2.60. The van der Waals surface area contributed by atoms with Crippen LogP contribution in [0.4, 0.5) is 0 Å².